The lowest BCUT2D eigenvalue weighted by Crippen LogP contribution is -2.42. The van der Waals surface area contributed by atoms with Crippen LogP contribution in [0.5, 0.6) is 0 Å². The summed E-state index contributed by atoms with van der Waals surface area (Å²) in [5, 5.41) is 11.3. The molecule has 9 heteroatoms. The number of nitrogens with zero attached hydrogens (tertiary/aromatic N) is 1. The first-order valence-corrected chi connectivity index (χ1v) is 5.93. The summed E-state index contributed by atoms with van der Waals surface area (Å²) in [6.07, 6.45) is -3.79. The molecule has 1 aliphatic heterocycles. The number of rotatable bonds is 3. The maximum Gasteiger partial charge on any atom is 0.433 e. The van der Waals surface area contributed by atoms with E-state index in [-0.39, 0.29) is 18.8 Å². The quantitative estimate of drug-likeness (QED) is 0.867. The first kappa shape index (κ1) is 15.2. The molecule has 0 spiro atoms. The molecule has 0 aromatic carbocycles. The van der Waals surface area contributed by atoms with E-state index in [9.17, 15) is 22.8 Å². The lowest BCUT2D eigenvalue weighted by atomic mass is 10.0. The van der Waals surface area contributed by atoms with Crippen molar-refractivity contribution in [2.75, 3.05) is 13.2 Å². The summed E-state index contributed by atoms with van der Waals surface area (Å²) in [6, 6.07) is 0.947. The molecular weight excluding hydrogens is 293 g/mol. The largest absolute Gasteiger partial charge is 0.481 e. The van der Waals surface area contributed by atoms with Gasteiger partial charge in [0.2, 0.25) is 0 Å². The Morgan fingerprint density at radius 1 is 1.33 bits per heavy atom. The van der Waals surface area contributed by atoms with E-state index in [2.05, 4.69) is 10.3 Å². The number of ether oxygens (including phenoxy) is 1. The Bertz CT molecular complexity index is 544. The van der Waals surface area contributed by atoms with Gasteiger partial charge < -0.3 is 15.2 Å². The maximum absolute atomic E-state index is 12.3. The van der Waals surface area contributed by atoms with Crippen molar-refractivity contribution in [3.05, 3.63) is 29.6 Å². The molecular formula is C12H11F3N2O4. The van der Waals surface area contributed by atoms with Crippen LogP contribution in [0.1, 0.15) is 16.1 Å². The summed E-state index contributed by atoms with van der Waals surface area (Å²) in [5.74, 6) is -2.68. The van der Waals surface area contributed by atoms with Crippen LogP contribution in [0.15, 0.2) is 18.3 Å². The van der Waals surface area contributed by atoms with Crippen molar-refractivity contribution in [1.82, 2.24) is 10.3 Å². The molecule has 6 nitrogen and oxygen atoms in total. The molecule has 2 unspecified atom stereocenters. The molecule has 2 heterocycles. The van der Waals surface area contributed by atoms with Gasteiger partial charge in [-0.25, -0.2) is 0 Å². The van der Waals surface area contributed by atoms with E-state index in [0.29, 0.717) is 6.07 Å². The zero-order valence-electron chi connectivity index (χ0n) is 10.6. The molecule has 21 heavy (non-hydrogen) atoms. The normalized spacial score (nSPS) is 22.0. The van der Waals surface area contributed by atoms with Gasteiger partial charge in [0.25, 0.3) is 5.91 Å². The van der Waals surface area contributed by atoms with Gasteiger partial charge in [-0.1, -0.05) is 0 Å². The number of amides is 1. The Morgan fingerprint density at radius 2 is 2.05 bits per heavy atom. The van der Waals surface area contributed by atoms with Crippen LogP contribution in [0.2, 0.25) is 0 Å². The van der Waals surface area contributed by atoms with Gasteiger partial charge in [0.05, 0.1) is 24.8 Å². The molecule has 114 valence electrons. The minimum atomic E-state index is -4.58. The summed E-state index contributed by atoms with van der Waals surface area (Å²) in [7, 11) is 0. The van der Waals surface area contributed by atoms with E-state index < -0.39 is 35.7 Å². The van der Waals surface area contributed by atoms with Gasteiger partial charge in [0.1, 0.15) is 11.6 Å². The van der Waals surface area contributed by atoms with Crippen LogP contribution in [0.4, 0.5) is 13.2 Å². The Kier molecular flexibility index (Phi) is 4.12. The number of carboxylic acid groups (broad SMARTS) is 1. The lowest BCUT2D eigenvalue weighted by molar-refractivity contribution is -0.142. The summed E-state index contributed by atoms with van der Waals surface area (Å²) >= 11 is 0. The van der Waals surface area contributed by atoms with Crippen molar-refractivity contribution >= 4 is 11.9 Å². The molecule has 2 atom stereocenters. The van der Waals surface area contributed by atoms with Gasteiger partial charge in [-0.2, -0.15) is 13.2 Å². The number of carbonyl (C=O) groups is 2. The summed E-state index contributed by atoms with van der Waals surface area (Å²) < 4.78 is 42.0. The number of aliphatic carboxylic acids is 1. The molecule has 0 bridgehead atoms. The predicted octanol–water partition coefficient (Wildman–Crippen LogP) is 0.930. The van der Waals surface area contributed by atoms with Gasteiger partial charge in [0.15, 0.2) is 0 Å². The third-order valence-corrected chi connectivity index (χ3v) is 3.03. The Morgan fingerprint density at radius 3 is 2.57 bits per heavy atom. The van der Waals surface area contributed by atoms with Gasteiger partial charge >= 0.3 is 12.1 Å². The molecule has 1 aromatic heterocycles. The Hall–Kier alpha value is -2.16. The molecule has 2 rings (SSSR count). The first-order chi connectivity index (χ1) is 9.79. The van der Waals surface area contributed by atoms with E-state index >= 15 is 0 Å². The molecule has 2 N–H and O–H groups in total. The standard InChI is InChI=1S/C12H11F3N2O4/c13-12(14,15)9-2-1-6(3-16-9)10(18)17-8-5-21-4-7(8)11(19)20/h1-3,7-8H,4-5H2,(H,17,18)(H,19,20). The van der Waals surface area contributed by atoms with Crippen LogP contribution in [0, 0.1) is 5.92 Å². The fraction of sp³-hybridized carbons (Fsp3) is 0.417. The average Bonchev–Trinajstić information content (AvgIpc) is 2.86. The highest BCUT2D eigenvalue weighted by Gasteiger charge is 2.36. The van der Waals surface area contributed by atoms with Crippen molar-refractivity contribution < 1.29 is 32.6 Å². The number of carbonyl (C=O) groups excluding carboxylic acids is 1. The highest BCUT2D eigenvalue weighted by molar-refractivity contribution is 5.94. The second-order valence-corrected chi connectivity index (χ2v) is 4.49. The fourth-order valence-corrected chi connectivity index (χ4v) is 1.89. The molecule has 0 radical (unpaired) electrons. The molecule has 1 aromatic rings. The van der Waals surface area contributed by atoms with Crippen LogP contribution in [0.25, 0.3) is 0 Å². The topological polar surface area (TPSA) is 88.5 Å². The average molecular weight is 304 g/mol. The molecule has 1 amide bonds. The van der Waals surface area contributed by atoms with Crippen molar-refractivity contribution in [3.8, 4) is 0 Å². The number of hydrogen-bond donors (Lipinski definition) is 2. The number of pyridine rings is 1. The van der Waals surface area contributed by atoms with Crippen LogP contribution < -0.4 is 5.32 Å². The minimum Gasteiger partial charge on any atom is -0.481 e. The highest BCUT2D eigenvalue weighted by Crippen LogP contribution is 2.27. The van der Waals surface area contributed by atoms with E-state index in [1.54, 1.807) is 0 Å². The molecule has 1 saturated heterocycles. The van der Waals surface area contributed by atoms with Crippen LogP contribution in [-0.4, -0.2) is 41.2 Å². The number of alkyl halides is 3. The predicted molar refractivity (Wildman–Crippen MR) is 62.4 cm³/mol. The zero-order chi connectivity index (χ0) is 15.6. The van der Waals surface area contributed by atoms with Crippen molar-refractivity contribution in [1.29, 1.82) is 0 Å². The molecule has 0 aliphatic carbocycles. The monoisotopic (exact) mass is 304 g/mol. The Balaban J connectivity index is 2.05. The Labute approximate surface area is 116 Å². The maximum atomic E-state index is 12.3. The van der Waals surface area contributed by atoms with Crippen LogP contribution >= 0.6 is 0 Å². The molecule has 1 aliphatic rings. The van der Waals surface area contributed by atoms with Crippen molar-refractivity contribution in [2.45, 2.75) is 12.2 Å². The van der Waals surface area contributed by atoms with Crippen LogP contribution in [-0.2, 0) is 15.7 Å². The number of hydrogen-bond acceptors (Lipinski definition) is 4. The van der Waals surface area contributed by atoms with E-state index in [1.165, 1.54) is 0 Å². The fourth-order valence-electron chi connectivity index (χ4n) is 1.89. The summed E-state index contributed by atoms with van der Waals surface area (Å²) in [4.78, 5) is 25.9. The van der Waals surface area contributed by atoms with E-state index in [4.69, 9.17) is 9.84 Å². The van der Waals surface area contributed by atoms with Crippen molar-refractivity contribution in [3.63, 3.8) is 0 Å². The molecule has 1 fully saturated rings. The lowest BCUT2D eigenvalue weighted by Gasteiger charge is -2.15. The van der Waals surface area contributed by atoms with Crippen LogP contribution in [0.3, 0.4) is 0 Å². The SMILES string of the molecule is O=C(NC1COCC1C(=O)O)c1ccc(C(F)(F)F)nc1. The molecule has 0 saturated carbocycles. The van der Waals surface area contributed by atoms with Gasteiger partial charge in [0, 0.05) is 6.20 Å². The third-order valence-electron chi connectivity index (χ3n) is 3.03. The number of halogens is 3. The smallest absolute Gasteiger partial charge is 0.433 e. The highest BCUT2D eigenvalue weighted by atomic mass is 19.4. The van der Waals surface area contributed by atoms with E-state index in [1.807, 2.05) is 0 Å². The minimum absolute atomic E-state index is 0.0223. The summed E-state index contributed by atoms with van der Waals surface area (Å²) in [6.45, 7) is 0.0162. The second kappa shape index (κ2) is 5.68. The van der Waals surface area contributed by atoms with Gasteiger partial charge in [-0.3, -0.25) is 14.6 Å². The van der Waals surface area contributed by atoms with E-state index in [0.717, 1.165) is 12.3 Å². The van der Waals surface area contributed by atoms with Gasteiger partial charge in [-0.15, -0.1) is 0 Å². The second-order valence-electron chi connectivity index (χ2n) is 4.49. The summed E-state index contributed by atoms with van der Waals surface area (Å²) in [5.41, 5.74) is -1.19. The first-order valence-electron chi connectivity index (χ1n) is 5.93. The number of nitrogens with one attached hydrogen (secondary N) is 1. The van der Waals surface area contributed by atoms with Gasteiger partial charge in [-0.05, 0) is 12.1 Å². The zero-order valence-corrected chi connectivity index (χ0v) is 10.6. The third kappa shape index (κ3) is 3.48. The van der Waals surface area contributed by atoms with Crippen molar-refractivity contribution in [2.24, 2.45) is 5.92 Å². The number of carboxylic acids is 1. The number of aromatic nitrogens is 1.